The van der Waals surface area contributed by atoms with E-state index in [9.17, 15) is 4.79 Å². The summed E-state index contributed by atoms with van der Waals surface area (Å²) in [5.74, 6) is -1.07. The highest BCUT2D eigenvalue weighted by atomic mass is 32.1. The van der Waals surface area contributed by atoms with Crippen LogP contribution in [0.1, 0.15) is 0 Å². The largest absolute Gasteiger partial charge is 0.480 e. The third-order valence-corrected chi connectivity index (χ3v) is 1.45. The molecule has 0 amide bonds. The van der Waals surface area contributed by atoms with Gasteiger partial charge in [0.05, 0.1) is 19.8 Å². The average molecular weight is 196 g/mol. The fraction of sp³-hybridized carbons (Fsp3) is 0.833. The molecule has 0 fully saturated rings. The molecule has 72 valence electrons. The van der Waals surface area contributed by atoms with Crippen molar-refractivity contribution >= 4 is 18.6 Å². The Morgan fingerprint density at radius 3 is 2.50 bits per heavy atom. The van der Waals surface area contributed by atoms with Gasteiger partial charge in [0.2, 0.25) is 0 Å². The van der Waals surface area contributed by atoms with Gasteiger partial charge in [-0.3, -0.25) is 4.79 Å². The van der Waals surface area contributed by atoms with E-state index in [2.05, 4.69) is 12.6 Å². The first-order chi connectivity index (χ1) is 5.57. The SMILES string of the molecule is O=C(O)C(S)COCC(O)CO. The minimum atomic E-state index is -1.07. The number of aliphatic hydroxyl groups is 2. The second-order valence-electron chi connectivity index (χ2n) is 2.23. The third kappa shape index (κ3) is 5.36. The first kappa shape index (κ1) is 11.7. The van der Waals surface area contributed by atoms with E-state index in [-0.39, 0.29) is 13.2 Å². The molecule has 0 aromatic rings. The van der Waals surface area contributed by atoms with Crippen molar-refractivity contribution in [1.29, 1.82) is 0 Å². The Hall–Kier alpha value is -0.300. The number of hydrogen-bond donors (Lipinski definition) is 4. The molecule has 5 nitrogen and oxygen atoms in total. The van der Waals surface area contributed by atoms with Crippen molar-refractivity contribution in [3.8, 4) is 0 Å². The number of rotatable bonds is 6. The van der Waals surface area contributed by atoms with Crippen LogP contribution in [0.2, 0.25) is 0 Å². The summed E-state index contributed by atoms with van der Waals surface area (Å²) in [6.07, 6.45) is -0.959. The lowest BCUT2D eigenvalue weighted by Gasteiger charge is -2.09. The fourth-order valence-electron chi connectivity index (χ4n) is 0.440. The predicted molar refractivity (Wildman–Crippen MR) is 44.3 cm³/mol. The first-order valence-corrected chi connectivity index (χ1v) is 3.87. The number of carboxylic acids is 1. The van der Waals surface area contributed by atoms with E-state index in [1.54, 1.807) is 0 Å². The van der Waals surface area contributed by atoms with Gasteiger partial charge in [-0.15, -0.1) is 0 Å². The van der Waals surface area contributed by atoms with E-state index in [0.29, 0.717) is 0 Å². The van der Waals surface area contributed by atoms with Gasteiger partial charge in [-0.25, -0.2) is 0 Å². The van der Waals surface area contributed by atoms with Gasteiger partial charge in [-0.1, -0.05) is 0 Å². The molecule has 0 saturated carbocycles. The van der Waals surface area contributed by atoms with Crippen molar-refractivity contribution in [2.24, 2.45) is 0 Å². The number of ether oxygens (including phenoxy) is 1. The Balaban J connectivity index is 3.37. The summed E-state index contributed by atoms with van der Waals surface area (Å²) in [6.45, 7) is -0.569. The summed E-state index contributed by atoms with van der Waals surface area (Å²) in [5.41, 5.74) is 0. The summed E-state index contributed by atoms with van der Waals surface area (Å²) in [7, 11) is 0. The van der Waals surface area contributed by atoms with E-state index in [1.807, 2.05) is 0 Å². The molecule has 6 heteroatoms. The molecule has 0 aliphatic heterocycles. The highest BCUT2D eigenvalue weighted by Crippen LogP contribution is 1.96. The second-order valence-corrected chi connectivity index (χ2v) is 2.85. The quantitative estimate of drug-likeness (QED) is 0.398. The minimum absolute atomic E-state index is 0.0825. The lowest BCUT2D eigenvalue weighted by molar-refractivity contribution is -0.137. The first-order valence-electron chi connectivity index (χ1n) is 3.35. The zero-order valence-corrected chi connectivity index (χ0v) is 7.28. The van der Waals surface area contributed by atoms with Crippen LogP contribution in [0.15, 0.2) is 0 Å². The Morgan fingerprint density at radius 1 is 1.50 bits per heavy atom. The zero-order valence-electron chi connectivity index (χ0n) is 6.38. The van der Waals surface area contributed by atoms with Crippen molar-refractivity contribution in [2.75, 3.05) is 19.8 Å². The van der Waals surface area contributed by atoms with Gasteiger partial charge in [-0.05, 0) is 0 Å². The average Bonchev–Trinajstić information content (AvgIpc) is 2.03. The molecule has 3 N–H and O–H groups in total. The predicted octanol–water partition coefficient (Wildman–Crippen LogP) is -1.26. The van der Waals surface area contributed by atoms with Crippen molar-refractivity contribution in [3.63, 3.8) is 0 Å². The third-order valence-electron chi connectivity index (χ3n) is 1.08. The van der Waals surface area contributed by atoms with Crippen LogP contribution in [0.25, 0.3) is 0 Å². The number of hydrogen-bond acceptors (Lipinski definition) is 5. The highest BCUT2D eigenvalue weighted by molar-refractivity contribution is 7.81. The van der Waals surface area contributed by atoms with E-state index in [0.717, 1.165) is 0 Å². The molecule has 0 aliphatic carbocycles. The van der Waals surface area contributed by atoms with Gasteiger partial charge in [-0.2, -0.15) is 12.6 Å². The molecule has 2 unspecified atom stereocenters. The number of thiol groups is 1. The Labute approximate surface area is 75.4 Å². The minimum Gasteiger partial charge on any atom is -0.480 e. The molecule has 0 rings (SSSR count). The number of carboxylic acid groups (broad SMARTS) is 1. The molecule has 0 saturated heterocycles. The summed E-state index contributed by atoms with van der Waals surface area (Å²) in [5, 5.41) is 24.5. The molecule has 0 heterocycles. The normalized spacial score (nSPS) is 15.6. The highest BCUT2D eigenvalue weighted by Gasteiger charge is 2.12. The van der Waals surface area contributed by atoms with E-state index in [1.165, 1.54) is 0 Å². The molecule has 0 aromatic heterocycles. The monoisotopic (exact) mass is 196 g/mol. The van der Waals surface area contributed by atoms with Crippen LogP contribution in [0.4, 0.5) is 0 Å². The van der Waals surface area contributed by atoms with Crippen molar-refractivity contribution in [1.82, 2.24) is 0 Å². The number of carbonyl (C=O) groups is 1. The maximum Gasteiger partial charge on any atom is 0.318 e. The summed E-state index contributed by atoms with van der Waals surface area (Å²) >= 11 is 3.69. The van der Waals surface area contributed by atoms with Gasteiger partial charge in [0.15, 0.2) is 0 Å². The van der Waals surface area contributed by atoms with Crippen LogP contribution in [-0.4, -0.2) is 52.5 Å². The zero-order chi connectivity index (χ0) is 9.56. The second kappa shape index (κ2) is 6.24. The lowest BCUT2D eigenvalue weighted by Crippen LogP contribution is -2.25. The Kier molecular flexibility index (Phi) is 6.09. The molecule has 0 radical (unpaired) electrons. The summed E-state index contributed by atoms with van der Waals surface area (Å²) in [4.78, 5) is 10.2. The smallest absolute Gasteiger partial charge is 0.318 e. The van der Waals surface area contributed by atoms with E-state index < -0.39 is 23.9 Å². The van der Waals surface area contributed by atoms with Crippen molar-refractivity contribution in [3.05, 3.63) is 0 Å². The molecule has 12 heavy (non-hydrogen) atoms. The fourth-order valence-corrected chi connectivity index (χ4v) is 0.545. The Bertz CT molecular complexity index is 140. The van der Waals surface area contributed by atoms with Gasteiger partial charge in [0.25, 0.3) is 0 Å². The molecule has 0 spiro atoms. The van der Waals surface area contributed by atoms with Gasteiger partial charge >= 0.3 is 5.97 Å². The van der Waals surface area contributed by atoms with Gasteiger partial charge in [0.1, 0.15) is 11.4 Å². The van der Waals surface area contributed by atoms with Crippen LogP contribution in [0.5, 0.6) is 0 Å². The number of aliphatic carboxylic acids is 1. The maximum atomic E-state index is 10.2. The molecule has 2 atom stereocenters. The van der Waals surface area contributed by atoms with Gasteiger partial charge in [0, 0.05) is 0 Å². The van der Waals surface area contributed by atoms with Crippen molar-refractivity contribution < 1.29 is 24.9 Å². The number of aliphatic hydroxyl groups excluding tert-OH is 2. The van der Waals surface area contributed by atoms with Crippen LogP contribution in [0.3, 0.4) is 0 Å². The van der Waals surface area contributed by atoms with E-state index >= 15 is 0 Å². The maximum absolute atomic E-state index is 10.2. The lowest BCUT2D eigenvalue weighted by atomic mass is 10.4. The van der Waals surface area contributed by atoms with Crippen LogP contribution < -0.4 is 0 Å². The van der Waals surface area contributed by atoms with Gasteiger partial charge < -0.3 is 20.1 Å². The molecule has 0 bridgehead atoms. The summed E-state index contributed by atoms with van der Waals surface area (Å²) in [6, 6.07) is 0. The van der Waals surface area contributed by atoms with Crippen LogP contribution >= 0.6 is 12.6 Å². The molecular weight excluding hydrogens is 184 g/mol. The molecular formula is C6H12O5S. The molecule has 0 aliphatic rings. The van der Waals surface area contributed by atoms with Crippen molar-refractivity contribution in [2.45, 2.75) is 11.4 Å². The standard InChI is InChI=1S/C6H12O5S/c7-1-4(8)2-11-3-5(12)6(9)10/h4-5,7-8,12H,1-3H2,(H,9,10). The topological polar surface area (TPSA) is 87.0 Å². The van der Waals surface area contributed by atoms with Crippen LogP contribution in [-0.2, 0) is 9.53 Å². The summed E-state index contributed by atoms with van der Waals surface area (Å²) < 4.78 is 4.74. The Morgan fingerprint density at radius 2 is 2.08 bits per heavy atom. The van der Waals surface area contributed by atoms with Crippen LogP contribution in [0, 0.1) is 0 Å². The molecule has 0 aromatic carbocycles. The van der Waals surface area contributed by atoms with E-state index in [4.69, 9.17) is 20.1 Å².